The Labute approximate surface area is 122 Å². The zero-order valence-electron chi connectivity index (χ0n) is 11.4. The van der Waals surface area contributed by atoms with Gasteiger partial charge in [-0.2, -0.15) is 0 Å². The monoisotopic (exact) mass is 285 g/mol. The lowest BCUT2D eigenvalue weighted by Crippen LogP contribution is -2.29. The van der Waals surface area contributed by atoms with Gasteiger partial charge in [0.05, 0.1) is 0 Å². The number of ether oxygens (including phenoxy) is 1. The summed E-state index contributed by atoms with van der Waals surface area (Å²) in [6.07, 6.45) is -2.27. The van der Waals surface area contributed by atoms with Crippen LogP contribution >= 0.6 is 0 Å². The Kier molecular flexibility index (Phi) is 4.56. The third-order valence-electron chi connectivity index (χ3n) is 2.86. The van der Waals surface area contributed by atoms with Crippen LogP contribution in [0.15, 0.2) is 54.6 Å². The van der Waals surface area contributed by atoms with Crippen LogP contribution in [0.2, 0.25) is 0 Å². The third-order valence-corrected chi connectivity index (χ3v) is 2.86. The lowest BCUT2D eigenvalue weighted by atomic mass is 10.0. The maximum absolute atomic E-state index is 11.0. The summed E-state index contributed by atoms with van der Waals surface area (Å²) in [5.41, 5.74) is 2.61. The largest absolute Gasteiger partial charge is 0.465 e. The Hall–Kier alpha value is -2.82. The molecule has 0 bridgehead atoms. The molecule has 2 aromatic carbocycles. The second-order valence-corrected chi connectivity index (χ2v) is 4.43. The lowest BCUT2D eigenvalue weighted by Gasteiger charge is -2.17. The molecule has 1 unspecified atom stereocenters. The summed E-state index contributed by atoms with van der Waals surface area (Å²) in [6, 6.07) is 16.9. The number of benzene rings is 2. The first kappa shape index (κ1) is 14.6. The second-order valence-electron chi connectivity index (χ2n) is 4.43. The average molecular weight is 285 g/mol. The molecular weight excluding hydrogens is 270 g/mol. The molecule has 0 aliphatic heterocycles. The van der Waals surface area contributed by atoms with Crippen LogP contribution in [0, 0.1) is 0 Å². The quantitative estimate of drug-likeness (QED) is 0.668. The number of hydrogen-bond donors (Lipinski definition) is 2. The van der Waals surface area contributed by atoms with Crippen molar-refractivity contribution in [2.75, 3.05) is 0 Å². The number of carbonyl (C=O) groups excluding carboxylic acids is 1. The number of carboxylic acid groups (broad SMARTS) is 1. The van der Waals surface area contributed by atoms with E-state index in [1.807, 2.05) is 42.5 Å². The molecule has 2 rings (SSSR count). The zero-order chi connectivity index (χ0) is 15.2. The molecule has 5 heteroatoms. The first-order chi connectivity index (χ1) is 10.1. The molecule has 5 nitrogen and oxygen atoms in total. The maximum Gasteiger partial charge on any atom is 0.407 e. The van der Waals surface area contributed by atoms with Gasteiger partial charge in [0, 0.05) is 12.5 Å². The van der Waals surface area contributed by atoms with Gasteiger partial charge in [0.1, 0.15) is 0 Å². The molecule has 2 aromatic rings. The number of amides is 1. The Morgan fingerprint density at radius 1 is 1.00 bits per heavy atom. The van der Waals surface area contributed by atoms with E-state index in [0.29, 0.717) is 5.56 Å². The van der Waals surface area contributed by atoms with Crippen molar-refractivity contribution in [1.29, 1.82) is 0 Å². The van der Waals surface area contributed by atoms with E-state index in [1.165, 1.54) is 6.92 Å². The van der Waals surface area contributed by atoms with Crippen molar-refractivity contribution in [3.8, 4) is 11.1 Å². The zero-order valence-corrected chi connectivity index (χ0v) is 11.4. The highest BCUT2D eigenvalue weighted by molar-refractivity contribution is 5.69. The van der Waals surface area contributed by atoms with Crippen molar-refractivity contribution in [1.82, 2.24) is 5.32 Å². The van der Waals surface area contributed by atoms with Crippen molar-refractivity contribution >= 4 is 12.1 Å². The van der Waals surface area contributed by atoms with Gasteiger partial charge >= 0.3 is 12.1 Å². The Morgan fingerprint density at radius 2 is 1.57 bits per heavy atom. The van der Waals surface area contributed by atoms with E-state index in [4.69, 9.17) is 9.84 Å². The maximum atomic E-state index is 11.0. The van der Waals surface area contributed by atoms with Crippen LogP contribution in [0.25, 0.3) is 11.1 Å². The number of carbonyl (C=O) groups is 2. The molecule has 0 fully saturated rings. The summed E-state index contributed by atoms with van der Waals surface area (Å²) in [4.78, 5) is 21.8. The fourth-order valence-corrected chi connectivity index (χ4v) is 1.94. The minimum atomic E-state index is -1.26. The predicted molar refractivity (Wildman–Crippen MR) is 77.5 cm³/mol. The number of rotatable bonds is 4. The van der Waals surface area contributed by atoms with E-state index < -0.39 is 18.3 Å². The first-order valence-corrected chi connectivity index (χ1v) is 6.38. The molecule has 0 aliphatic rings. The highest BCUT2D eigenvalue weighted by Crippen LogP contribution is 2.22. The molecule has 21 heavy (non-hydrogen) atoms. The summed E-state index contributed by atoms with van der Waals surface area (Å²) in [7, 11) is 0. The van der Waals surface area contributed by atoms with Crippen LogP contribution in [-0.2, 0) is 9.53 Å². The van der Waals surface area contributed by atoms with E-state index in [1.54, 1.807) is 12.1 Å². The smallest absolute Gasteiger partial charge is 0.407 e. The Bertz CT molecular complexity index is 606. The highest BCUT2D eigenvalue weighted by Gasteiger charge is 2.16. The van der Waals surface area contributed by atoms with Crippen LogP contribution in [0.1, 0.15) is 18.7 Å². The standard InChI is InChI=1S/C16H15NO4/c1-11(18)21-15(17-16(19)20)14-9-7-13(8-10-14)12-5-3-2-4-6-12/h2-10,15,17H,1H3,(H,19,20). The van der Waals surface area contributed by atoms with Gasteiger partial charge in [-0.3, -0.25) is 10.1 Å². The molecule has 0 heterocycles. The highest BCUT2D eigenvalue weighted by atomic mass is 16.6. The molecule has 1 amide bonds. The van der Waals surface area contributed by atoms with E-state index in [-0.39, 0.29) is 0 Å². The van der Waals surface area contributed by atoms with Crippen molar-refractivity contribution in [3.05, 3.63) is 60.2 Å². The average Bonchev–Trinajstić information content (AvgIpc) is 2.47. The van der Waals surface area contributed by atoms with Crippen LogP contribution in [0.5, 0.6) is 0 Å². The van der Waals surface area contributed by atoms with Gasteiger partial charge < -0.3 is 9.84 Å². The van der Waals surface area contributed by atoms with Crippen LogP contribution in [-0.4, -0.2) is 17.2 Å². The molecule has 0 aromatic heterocycles. The van der Waals surface area contributed by atoms with Crippen LogP contribution in [0.4, 0.5) is 4.79 Å². The SMILES string of the molecule is CC(=O)OC(NC(=O)O)c1ccc(-c2ccccc2)cc1. The van der Waals surface area contributed by atoms with Crippen molar-refractivity contribution < 1.29 is 19.4 Å². The molecule has 0 saturated heterocycles. The van der Waals surface area contributed by atoms with Gasteiger partial charge in [0.25, 0.3) is 0 Å². The summed E-state index contributed by atoms with van der Waals surface area (Å²) in [5.74, 6) is -0.555. The number of hydrogen-bond acceptors (Lipinski definition) is 3. The first-order valence-electron chi connectivity index (χ1n) is 6.38. The third kappa shape index (κ3) is 4.07. The lowest BCUT2D eigenvalue weighted by molar-refractivity contribution is -0.147. The number of esters is 1. The second kappa shape index (κ2) is 6.56. The molecule has 0 radical (unpaired) electrons. The van der Waals surface area contributed by atoms with Crippen LogP contribution < -0.4 is 5.32 Å². The van der Waals surface area contributed by atoms with E-state index in [0.717, 1.165) is 11.1 Å². The van der Waals surface area contributed by atoms with Gasteiger partial charge in [-0.15, -0.1) is 0 Å². The normalized spacial score (nSPS) is 11.5. The van der Waals surface area contributed by atoms with Gasteiger partial charge in [-0.25, -0.2) is 4.79 Å². The molecule has 2 N–H and O–H groups in total. The van der Waals surface area contributed by atoms with E-state index in [2.05, 4.69) is 5.32 Å². The summed E-state index contributed by atoms with van der Waals surface area (Å²) in [6.45, 7) is 1.23. The van der Waals surface area contributed by atoms with E-state index >= 15 is 0 Å². The predicted octanol–water partition coefficient (Wildman–Crippen LogP) is 3.18. The molecule has 0 saturated carbocycles. The molecular formula is C16H15NO4. The van der Waals surface area contributed by atoms with E-state index in [9.17, 15) is 9.59 Å². The molecule has 0 aliphatic carbocycles. The van der Waals surface area contributed by atoms with Gasteiger partial charge in [-0.05, 0) is 11.1 Å². The molecule has 1 atom stereocenters. The van der Waals surface area contributed by atoms with Gasteiger partial charge in [0.2, 0.25) is 6.23 Å². The Morgan fingerprint density at radius 3 is 2.10 bits per heavy atom. The molecule has 0 spiro atoms. The van der Waals surface area contributed by atoms with Crippen molar-refractivity contribution in [3.63, 3.8) is 0 Å². The fourth-order valence-electron chi connectivity index (χ4n) is 1.94. The minimum Gasteiger partial charge on any atom is -0.465 e. The fraction of sp³-hybridized carbons (Fsp3) is 0.125. The molecule has 108 valence electrons. The minimum absolute atomic E-state index is 0.555. The summed E-state index contributed by atoms with van der Waals surface area (Å²) < 4.78 is 4.96. The topological polar surface area (TPSA) is 75.6 Å². The summed E-state index contributed by atoms with van der Waals surface area (Å²) >= 11 is 0. The van der Waals surface area contributed by atoms with Crippen LogP contribution in [0.3, 0.4) is 0 Å². The number of nitrogens with one attached hydrogen (secondary N) is 1. The van der Waals surface area contributed by atoms with Crippen molar-refractivity contribution in [2.24, 2.45) is 0 Å². The van der Waals surface area contributed by atoms with Crippen molar-refractivity contribution in [2.45, 2.75) is 13.2 Å². The van der Waals surface area contributed by atoms with Gasteiger partial charge in [0.15, 0.2) is 0 Å². The van der Waals surface area contributed by atoms with Gasteiger partial charge in [-0.1, -0.05) is 54.6 Å². The Balaban J connectivity index is 2.22. The summed E-state index contributed by atoms with van der Waals surface area (Å²) in [5, 5.41) is 10.9.